The summed E-state index contributed by atoms with van der Waals surface area (Å²) in [6, 6.07) is 0. The summed E-state index contributed by atoms with van der Waals surface area (Å²) < 4.78 is 0. The maximum absolute atomic E-state index is 9.90. The number of rotatable bonds is 5. The topological polar surface area (TPSA) is 308 Å². The van der Waals surface area contributed by atoms with Crippen LogP contribution in [0.25, 0.3) is 0 Å². The Morgan fingerprint density at radius 3 is 1.21 bits per heavy atom. The quantitative estimate of drug-likeness (QED) is 0.129. The molecule has 0 aliphatic rings. The monoisotopic (exact) mass is 369 g/mol. The van der Waals surface area contributed by atoms with E-state index in [0.29, 0.717) is 0 Å². The lowest BCUT2D eigenvalue weighted by atomic mass is 10.0. The lowest BCUT2D eigenvalue weighted by Crippen LogP contribution is -2.46. The van der Waals surface area contributed by atoms with Gasteiger partial charge in [-0.1, -0.05) is 0 Å². The Hall–Kier alpha value is -2.93. The van der Waals surface area contributed by atoms with Crippen molar-refractivity contribution in [2.45, 2.75) is 24.4 Å². The van der Waals surface area contributed by atoms with E-state index in [-0.39, 0.29) is 6.29 Å². The number of hydrogen-bond donors (Lipinski definition) is 8. The highest BCUT2D eigenvalue weighted by molar-refractivity contribution is 5.56. The highest BCUT2D eigenvalue weighted by Crippen LogP contribution is 2.02. The molecule has 0 spiro atoms. The largest absolute Gasteiger partial charge is 0.394 e. The van der Waals surface area contributed by atoms with Gasteiger partial charge in [-0.15, -0.1) is 30.3 Å². The Balaban J connectivity index is -0.000000137. The predicted molar refractivity (Wildman–Crippen MR) is 63.5 cm³/mol. The molecular weight excluding hydrogens is 354 g/mol. The molecule has 0 radical (unpaired) electrons. The van der Waals surface area contributed by atoms with Gasteiger partial charge in [-0.3, -0.25) is 0 Å². The van der Waals surface area contributed by atoms with Crippen LogP contribution in [0.15, 0.2) is 0 Å². The second-order valence-electron chi connectivity index (χ2n) is 3.07. The van der Waals surface area contributed by atoms with Crippen molar-refractivity contribution in [1.82, 2.24) is 0 Å². The van der Waals surface area contributed by atoms with E-state index in [4.69, 9.17) is 71.5 Å². The van der Waals surface area contributed by atoms with Gasteiger partial charge in [0.05, 0.1) is 6.61 Å². The molecule has 18 heteroatoms. The molecule has 0 heterocycles. The maximum atomic E-state index is 9.90. The Bertz CT molecular complexity index is 323. The maximum Gasteiger partial charge on any atom is 0.291 e. The zero-order valence-electron chi connectivity index (χ0n) is 11.4. The van der Waals surface area contributed by atoms with Gasteiger partial charge < -0.3 is 45.9 Å². The van der Waals surface area contributed by atoms with Gasteiger partial charge in [0.15, 0.2) is 6.29 Å². The van der Waals surface area contributed by atoms with Crippen molar-refractivity contribution in [2.24, 2.45) is 0 Å². The van der Waals surface area contributed by atoms with Crippen LogP contribution in [-0.4, -0.2) is 93.7 Å². The number of nitrogens with zero attached hydrogens (tertiary/aromatic N) is 3. The van der Waals surface area contributed by atoms with Crippen LogP contribution in [0.5, 0.6) is 0 Å². The average Bonchev–Trinajstić information content (AvgIpc) is 2.42. The Morgan fingerprint density at radius 2 is 1.04 bits per heavy atom. The van der Waals surface area contributed by atoms with Crippen molar-refractivity contribution in [3.63, 3.8) is 0 Å². The molecule has 4 unspecified atom stereocenters. The van der Waals surface area contributed by atoms with Gasteiger partial charge in [0.25, 0.3) is 15.3 Å². The van der Waals surface area contributed by atoms with Gasteiger partial charge in [-0.05, 0) is 0 Å². The fourth-order valence-electron chi connectivity index (χ4n) is 0.618. The minimum absolute atomic E-state index is 0.0258. The summed E-state index contributed by atoms with van der Waals surface area (Å²) in [6.07, 6.45) is -6.84. The van der Waals surface area contributed by atoms with Crippen LogP contribution in [0.2, 0.25) is 0 Å². The fourth-order valence-corrected chi connectivity index (χ4v) is 0.618. The molecule has 0 rings (SSSR count). The average molecular weight is 369 g/mol. The second-order valence-corrected chi connectivity index (χ2v) is 3.07. The number of carbonyl (C=O) groups is 1. The number of carbonyl (C=O) groups excluding carboxylic acids is 1. The third kappa shape index (κ3) is 36.5. The van der Waals surface area contributed by atoms with Crippen LogP contribution in [-0.2, 0) is 4.79 Å². The van der Waals surface area contributed by atoms with Gasteiger partial charge in [-0.25, -0.2) is 0 Å². The summed E-state index contributed by atoms with van der Waals surface area (Å²) >= 11 is 0. The molecule has 8 N–H and O–H groups in total. The van der Waals surface area contributed by atoms with Crippen molar-refractivity contribution in [2.75, 3.05) is 6.61 Å². The molecule has 0 aliphatic heterocycles. The molecule has 0 aromatic carbocycles. The number of hydrogen-bond acceptors (Lipinski definition) is 12. The van der Waals surface area contributed by atoms with Crippen LogP contribution in [0.3, 0.4) is 0 Å². The van der Waals surface area contributed by atoms with E-state index >= 15 is 0 Å². The molecule has 0 bridgehead atoms. The molecule has 0 aliphatic carbocycles. The molecule has 0 amide bonds. The van der Waals surface area contributed by atoms with Gasteiger partial charge >= 0.3 is 0 Å². The summed E-state index contributed by atoms with van der Waals surface area (Å²) in [6.45, 7) is -0.760. The minimum atomic E-state index is -1.79. The van der Waals surface area contributed by atoms with Crippen molar-refractivity contribution >= 4 is 6.29 Å². The van der Waals surface area contributed by atoms with Gasteiger partial charge in [0.2, 0.25) is 0 Å². The van der Waals surface area contributed by atoms with Crippen molar-refractivity contribution < 1.29 is 61.2 Å². The smallest absolute Gasteiger partial charge is 0.291 e. The normalized spacial score (nSPS) is 13.5. The highest BCUT2D eigenvalue weighted by Gasteiger charge is 2.29. The molecule has 24 heavy (non-hydrogen) atoms. The SMILES string of the molecule is O=CC(O)C(O)C(O)C(O)CO.O=[N+]([O-])O.O=[N+]([O-])O.O=[N+]([O-])O. The van der Waals surface area contributed by atoms with E-state index < -0.39 is 46.3 Å². The highest BCUT2D eigenvalue weighted by atomic mass is 16.9. The van der Waals surface area contributed by atoms with E-state index in [1.807, 2.05) is 0 Å². The van der Waals surface area contributed by atoms with Gasteiger partial charge in [-0.2, -0.15) is 0 Å². The molecule has 0 fully saturated rings. The number of aliphatic hydroxyl groups is 5. The van der Waals surface area contributed by atoms with Gasteiger partial charge in [0.1, 0.15) is 24.4 Å². The predicted octanol–water partition coefficient (Wildman–Crippen LogP) is -4.42. The van der Waals surface area contributed by atoms with E-state index in [0.717, 1.165) is 0 Å². The summed E-state index contributed by atoms with van der Waals surface area (Å²) in [5, 5.41) is 84.5. The summed E-state index contributed by atoms with van der Waals surface area (Å²) in [7, 11) is 0. The van der Waals surface area contributed by atoms with Crippen LogP contribution < -0.4 is 0 Å². The van der Waals surface area contributed by atoms with Crippen LogP contribution in [0, 0.1) is 30.3 Å². The first kappa shape index (κ1) is 29.1. The summed E-state index contributed by atoms with van der Waals surface area (Å²) in [5.74, 6) is 0. The number of aliphatic hydroxyl groups excluding tert-OH is 5. The fraction of sp³-hybridized carbons (Fsp3) is 0.833. The van der Waals surface area contributed by atoms with Crippen LogP contribution in [0.4, 0.5) is 0 Å². The first-order chi connectivity index (χ1) is 10.7. The van der Waals surface area contributed by atoms with E-state index in [1.54, 1.807) is 0 Å². The Morgan fingerprint density at radius 1 is 0.792 bits per heavy atom. The molecule has 0 saturated heterocycles. The lowest BCUT2D eigenvalue weighted by Gasteiger charge is -2.22. The van der Waals surface area contributed by atoms with E-state index in [1.165, 1.54) is 0 Å². The van der Waals surface area contributed by atoms with Crippen molar-refractivity contribution in [3.8, 4) is 0 Å². The molecule has 0 aromatic rings. The zero-order valence-corrected chi connectivity index (χ0v) is 11.4. The summed E-state index contributed by atoms with van der Waals surface area (Å²) in [4.78, 5) is 35.0. The van der Waals surface area contributed by atoms with E-state index in [9.17, 15) is 4.79 Å². The molecule has 144 valence electrons. The number of aldehydes is 1. The molecule has 4 atom stereocenters. The van der Waals surface area contributed by atoms with Crippen LogP contribution >= 0.6 is 0 Å². The molecule has 18 nitrogen and oxygen atoms in total. The standard InChI is InChI=1S/C6H12O6.3HNO3/c7-1-3(9)5(11)6(12)4(10)2-8;3*2-1(3)4/h1,3-6,8-12H,2H2;3*(H,2,3,4). The third-order valence-electron chi connectivity index (χ3n) is 1.42. The lowest BCUT2D eigenvalue weighted by molar-refractivity contribution is -0.742. The Labute approximate surface area is 130 Å². The first-order valence-electron chi connectivity index (χ1n) is 5.02. The zero-order chi connectivity index (χ0) is 20.5. The first-order valence-corrected chi connectivity index (χ1v) is 5.02. The van der Waals surface area contributed by atoms with Crippen molar-refractivity contribution in [1.29, 1.82) is 0 Å². The Kier molecular flexibility index (Phi) is 22.0. The second kappa shape index (κ2) is 18.1. The van der Waals surface area contributed by atoms with Crippen molar-refractivity contribution in [3.05, 3.63) is 30.3 Å². The molecule has 0 saturated carbocycles. The summed E-state index contributed by atoms with van der Waals surface area (Å²) in [5.41, 5.74) is 0. The van der Waals surface area contributed by atoms with Crippen LogP contribution in [0.1, 0.15) is 0 Å². The van der Waals surface area contributed by atoms with Gasteiger partial charge in [0, 0.05) is 0 Å². The molecular formula is C6H15N3O15. The minimum Gasteiger partial charge on any atom is -0.394 e. The molecule has 0 aromatic heterocycles. The van der Waals surface area contributed by atoms with E-state index in [2.05, 4.69) is 0 Å². The third-order valence-corrected chi connectivity index (χ3v) is 1.42.